The molecule has 128 valence electrons. The standard InChI is InChI=1S/C15H20N6O2S/c1-20(10-12-9-11-5-3-4-6-13(11)23-12)14(22)16-7-8-24-15-17-18-19-21(15)2/h3-6,12H,7-10H2,1-2H3,(H,16,22)/t12-/m0/s1. The van der Waals surface area contributed by atoms with E-state index in [9.17, 15) is 4.79 Å². The minimum Gasteiger partial charge on any atom is -0.488 e. The number of aryl methyl sites for hydroxylation is 1. The Hall–Kier alpha value is -2.29. The van der Waals surface area contributed by atoms with Crippen LogP contribution in [0.3, 0.4) is 0 Å². The fourth-order valence-electron chi connectivity index (χ4n) is 2.52. The van der Waals surface area contributed by atoms with E-state index in [1.807, 2.05) is 18.2 Å². The highest BCUT2D eigenvalue weighted by atomic mass is 32.2. The van der Waals surface area contributed by atoms with Crippen LogP contribution in [0.4, 0.5) is 4.79 Å². The van der Waals surface area contributed by atoms with Crippen molar-refractivity contribution in [3.8, 4) is 5.75 Å². The van der Waals surface area contributed by atoms with Gasteiger partial charge in [0.05, 0.1) is 6.54 Å². The SMILES string of the molecule is CN(C[C@@H]1Cc2ccccc2O1)C(=O)NCCSc1nnnn1C. The summed E-state index contributed by atoms with van der Waals surface area (Å²) in [5.41, 5.74) is 1.20. The number of benzene rings is 1. The van der Waals surface area contributed by atoms with E-state index in [-0.39, 0.29) is 12.1 Å². The molecule has 0 saturated carbocycles. The molecule has 1 aliphatic rings. The van der Waals surface area contributed by atoms with Crippen LogP contribution in [-0.4, -0.2) is 63.1 Å². The number of carbonyl (C=O) groups is 1. The van der Waals surface area contributed by atoms with Gasteiger partial charge in [-0.1, -0.05) is 30.0 Å². The Morgan fingerprint density at radius 3 is 3.08 bits per heavy atom. The molecule has 1 atom stereocenters. The molecule has 0 radical (unpaired) electrons. The number of rotatable bonds is 6. The van der Waals surface area contributed by atoms with Gasteiger partial charge in [-0.15, -0.1) is 5.10 Å². The number of amides is 2. The minimum atomic E-state index is -0.105. The van der Waals surface area contributed by atoms with Gasteiger partial charge in [-0.25, -0.2) is 9.48 Å². The summed E-state index contributed by atoms with van der Waals surface area (Å²) < 4.78 is 7.47. The fourth-order valence-corrected chi connectivity index (χ4v) is 3.23. The predicted molar refractivity (Wildman–Crippen MR) is 90.1 cm³/mol. The van der Waals surface area contributed by atoms with E-state index in [1.54, 1.807) is 23.7 Å². The molecule has 1 aromatic heterocycles. The second kappa shape index (κ2) is 7.52. The summed E-state index contributed by atoms with van der Waals surface area (Å²) in [7, 11) is 3.57. The molecule has 0 unspecified atom stereocenters. The van der Waals surface area contributed by atoms with Crippen molar-refractivity contribution >= 4 is 17.8 Å². The minimum absolute atomic E-state index is 0.0113. The van der Waals surface area contributed by atoms with E-state index in [0.717, 1.165) is 17.3 Å². The van der Waals surface area contributed by atoms with Crippen molar-refractivity contribution < 1.29 is 9.53 Å². The third-order valence-electron chi connectivity index (χ3n) is 3.73. The van der Waals surface area contributed by atoms with Crippen LogP contribution in [0.2, 0.25) is 0 Å². The highest BCUT2D eigenvalue weighted by Crippen LogP contribution is 2.28. The quantitative estimate of drug-likeness (QED) is 0.618. The Bertz CT molecular complexity index is 682. The first-order valence-electron chi connectivity index (χ1n) is 7.72. The zero-order valence-corrected chi connectivity index (χ0v) is 14.5. The zero-order chi connectivity index (χ0) is 16.9. The van der Waals surface area contributed by atoms with Gasteiger partial charge in [-0.3, -0.25) is 0 Å². The summed E-state index contributed by atoms with van der Waals surface area (Å²) in [5.74, 6) is 1.63. The van der Waals surface area contributed by atoms with E-state index >= 15 is 0 Å². The first-order valence-corrected chi connectivity index (χ1v) is 8.70. The lowest BCUT2D eigenvalue weighted by molar-refractivity contribution is 0.164. The lowest BCUT2D eigenvalue weighted by Gasteiger charge is -2.21. The molecular formula is C15H20N6O2S. The maximum absolute atomic E-state index is 12.1. The average Bonchev–Trinajstić information content (AvgIpc) is 3.16. The highest BCUT2D eigenvalue weighted by molar-refractivity contribution is 7.99. The van der Waals surface area contributed by atoms with E-state index < -0.39 is 0 Å². The number of ether oxygens (including phenoxy) is 1. The Morgan fingerprint density at radius 2 is 2.33 bits per heavy atom. The third kappa shape index (κ3) is 3.97. The number of para-hydroxylation sites is 1. The number of tetrazole rings is 1. The Labute approximate surface area is 144 Å². The fraction of sp³-hybridized carbons (Fsp3) is 0.467. The lowest BCUT2D eigenvalue weighted by atomic mass is 10.1. The van der Waals surface area contributed by atoms with Gasteiger partial charge >= 0.3 is 6.03 Å². The van der Waals surface area contributed by atoms with Crippen molar-refractivity contribution in [2.45, 2.75) is 17.7 Å². The van der Waals surface area contributed by atoms with Gasteiger partial charge < -0.3 is 15.0 Å². The normalized spacial score (nSPS) is 15.7. The van der Waals surface area contributed by atoms with E-state index in [0.29, 0.717) is 18.8 Å². The van der Waals surface area contributed by atoms with Crippen LogP contribution >= 0.6 is 11.8 Å². The van der Waals surface area contributed by atoms with Crippen LogP contribution in [-0.2, 0) is 13.5 Å². The number of thioether (sulfide) groups is 1. The largest absolute Gasteiger partial charge is 0.488 e. The van der Waals surface area contributed by atoms with Crippen LogP contribution in [0.5, 0.6) is 5.75 Å². The summed E-state index contributed by atoms with van der Waals surface area (Å²) in [5, 5.41) is 14.8. The molecule has 1 N–H and O–H groups in total. The van der Waals surface area contributed by atoms with Gasteiger partial charge in [0.15, 0.2) is 0 Å². The molecule has 0 fully saturated rings. The summed E-state index contributed by atoms with van der Waals surface area (Å²) in [4.78, 5) is 13.8. The Morgan fingerprint density at radius 1 is 1.50 bits per heavy atom. The molecule has 9 heteroatoms. The van der Waals surface area contributed by atoms with E-state index in [2.05, 4.69) is 26.9 Å². The highest BCUT2D eigenvalue weighted by Gasteiger charge is 2.24. The van der Waals surface area contributed by atoms with Crippen molar-refractivity contribution in [3.05, 3.63) is 29.8 Å². The summed E-state index contributed by atoms with van der Waals surface area (Å²) in [6.45, 7) is 1.10. The van der Waals surface area contributed by atoms with Gasteiger partial charge in [0, 0.05) is 32.8 Å². The number of carbonyl (C=O) groups excluding carboxylic acids is 1. The summed E-state index contributed by atoms with van der Waals surface area (Å²) in [6, 6.07) is 7.89. The van der Waals surface area contributed by atoms with Crippen molar-refractivity contribution in [3.63, 3.8) is 0 Å². The summed E-state index contributed by atoms with van der Waals surface area (Å²) >= 11 is 1.50. The van der Waals surface area contributed by atoms with Gasteiger partial charge in [0.2, 0.25) is 5.16 Å². The van der Waals surface area contributed by atoms with Gasteiger partial charge in [-0.05, 0) is 22.1 Å². The molecule has 0 bridgehead atoms. The number of fused-ring (bicyclic) bond motifs is 1. The number of urea groups is 1. The van der Waals surface area contributed by atoms with Crippen LogP contribution in [0.25, 0.3) is 0 Å². The van der Waals surface area contributed by atoms with E-state index in [1.165, 1.54) is 17.3 Å². The van der Waals surface area contributed by atoms with Crippen molar-refractivity contribution in [1.29, 1.82) is 0 Å². The molecule has 2 amide bonds. The summed E-state index contributed by atoms with van der Waals surface area (Å²) in [6.07, 6.45) is 0.847. The van der Waals surface area contributed by atoms with Crippen molar-refractivity contribution in [2.24, 2.45) is 7.05 Å². The smallest absolute Gasteiger partial charge is 0.317 e. The second-order valence-corrected chi connectivity index (χ2v) is 6.66. The third-order valence-corrected chi connectivity index (χ3v) is 4.74. The molecule has 2 aromatic rings. The maximum Gasteiger partial charge on any atom is 0.317 e. The number of nitrogens with one attached hydrogen (secondary N) is 1. The first-order chi connectivity index (χ1) is 11.6. The Kier molecular flexibility index (Phi) is 5.19. The number of aromatic nitrogens is 4. The molecule has 0 aliphatic carbocycles. The number of nitrogens with zero attached hydrogens (tertiary/aromatic N) is 5. The van der Waals surface area contributed by atoms with Gasteiger partial charge in [0.25, 0.3) is 0 Å². The molecule has 1 aromatic carbocycles. The number of hydrogen-bond acceptors (Lipinski definition) is 6. The zero-order valence-electron chi connectivity index (χ0n) is 13.7. The van der Waals surface area contributed by atoms with Crippen LogP contribution in [0.15, 0.2) is 29.4 Å². The maximum atomic E-state index is 12.1. The van der Waals surface area contributed by atoms with Crippen molar-refractivity contribution in [1.82, 2.24) is 30.4 Å². The van der Waals surface area contributed by atoms with Crippen LogP contribution < -0.4 is 10.1 Å². The van der Waals surface area contributed by atoms with Crippen molar-refractivity contribution in [2.75, 3.05) is 25.9 Å². The first kappa shape index (κ1) is 16.6. The number of hydrogen-bond donors (Lipinski definition) is 1. The Balaban J connectivity index is 1.37. The monoisotopic (exact) mass is 348 g/mol. The van der Waals surface area contributed by atoms with E-state index in [4.69, 9.17) is 4.74 Å². The molecule has 0 spiro atoms. The molecule has 1 aliphatic heterocycles. The molecule has 0 saturated heterocycles. The molecule has 24 heavy (non-hydrogen) atoms. The van der Waals surface area contributed by atoms with Gasteiger partial charge in [0.1, 0.15) is 11.9 Å². The molecular weight excluding hydrogens is 328 g/mol. The predicted octanol–water partition coefficient (Wildman–Crippen LogP) is 0.947. The molecule has 3 rings (SSSR count). The average molecular weight is 348 g/mol. The van der Waals surface area contributed by atoms with Crippen LogP contribution in [0.1, 0.15) is 5.56 Å². The molecule has 8 nitrogen and oxygen atoms in total. The number of likely N-dealkylation sites (N-methyl/N-ethyl adjacent to an activating group) is 1. The topological polar surface area (TPSA) is 85.2 Å². The second-order valence-electron chi connectivity index (χ2n) is 5.60. The van der Waals surface area contributed by atoms with Crippen LogP contribution in [0, 0.1) is 0 Å². The lowest BCUT2D eigenvalue weighted by Crippen LogP contribution is -2.43. The molecule has 2 heterocycles. The van der Waals surface area contributed by atoms with Gasteiger partial charge in [-0.2, -0.15) is 0 Å².